The SMILES string of the molecule is O=[P+](OC(F)CC(F)(F)C(F)(F)C(F)(F)C(F)(F)C(F)(F)C(F)(F)F)OC(F)CC(F)(F)C(F)(F)C(F)(F)C(F)(F)C(F)(F)C(F)(F)F. The zero-order valence-electron chi connectivity index (χ0n) is 20.8. The van der Waals surface area contributed by atoms with Crippen LogP contribution in [0.4, 0.5) is 123 Å². The number of hydrogen-bond acceptors (Lipinski definition) is 3. The summed E-state index contributed by atoms with van der Waals surface area (Å²) < 4.78 is 380. The smallest absolute Gasteiger partial charge is 0.211 e. The summed E-state index contributed by atoms with van der Waals surface area (Å²) in [6.07, 6.45) is -33.4. The second-order valence-electron chi connectivity index (χ2n) is 8.66. The first kappa shape index (κ1) is 46.1. The molecule has 0 spiro atoms. The topological polar surface area (TPSA) is 35.5 Å². The Bertz CT molecular complexity index is 1050. The van der Waals surface area contributed by atoms with Gasteiger partial charge in [-0.15, -0.1) is 0 Å². The lowest BCUT2D eigenvalue weighted by atomic mass is 9.92. The summed E-state index contributed by atoms with van der Waals surface area (Å²) in [5.41, 5.74) is 0. The van der Waals surface area contributed by atoms with Crippen molar-refractivity contribution in [3.63, 3.8) is 0 Å². The molecule has 0 aliphatic rings. The highest BCUT2D eigenvalue weighted by Crippen LogP contribution is 2.62. The van der Waals surface area contributed by atoms with Crippen molar-refractivity contribution in [2.24, 2.45) is 0 Å². The summed E-state index contributed by atoms with van der Waals surface area (Å²) in [7, 11) is -5.37. The predicted molar refractivity (Wildman–Crippen MR) is 90.4 cm³/mol. The second kappa shape index (κ2) is 12.7. The first-order chi connectivity index (χ1) is 20.4. The van der Waals surface area contributed by atoms with E-state index in [2.05, 4.69) is 9.05 Å². The Hall–Kier alpha value is -1.94. The molecule has 32 heteroatoms. The van der Waals surface area contributed by atoms with Crippen molar-refractivity contribution in [1.82, 2.24) is 0 Å². The molecule has 0 aromatic rings. The predicted octanol–water partition coefficient (Wildman–Crippen LogP) is 10.5. The zero-order valence-corrected chi connectivity index (χ0v) is 21.7. The first-order valence-electron chi connectivity index (χ1n) is 10.4. The standard InChI is InChI=1S/C16H6F28O3P/c17-3(1-5(19,20)7(23,24)9(27,28)11(31,32)13(35,36)15(39,40)41)46-48(45)47-4(18)2-6(21,22)8(25,26)10(29,30)12(33,34)14(37,38)16(42,43)44/h3-4H,1-2H2/q+1. The lowest BCUT2D eigenvalue weighted by Crippen LogP contribution is -2.70. The van der Waals surface area contributed by atoms with Crippen LogP contribution < -0.4 is 0 Å². The zero-order chi connectivity index (χ0) is 39.6. The Kier molecular flexibility index (Phi) is 12.2. The summed E-state index contributed by atoms with van der Waals surface area (Å²) in [6.45, 7) is 0. The van der Waals surface area contributed by atoms with E-state index in [1.165, 1.54) is 0 Å². The van der Waals surface area contributed by atoms with Crippen LogP contribution in [0.5, 0.6) is 0 Å². The third kappa shape index (κ3) is 7.26. The highest BCUT2D eigenvalue weighted by Gasteiger charge is 2.92. The van der Waals surface area contributed by atoms with E-state index >= 15 is 0 Å². The van der Waals surface area contributed by atoms with Gasteiger partial charge in [0.25, 0.3) is 12.7 Å². The molecule has 0 rings (SSSR count). The fourth-order valence-corrected chi connectivity index (χ4v) is 3.12. The van der Waals surface area contributed by atoms with E-state index in [9.17, 15) is 127 Å². The van der Waals surface area contributed by atoms with Crippen molar-refractivity contribution < 1.29 is 137 Å². The number of halogens is 28. The monoisotopic (exact) mass is 809 g/mol. The third-order valence-electron chi connectivity index (χ3n) is 5.23. The van der Waals surface area contributed by atoms with Gasteiger partial charge in [-0.2, -0.15) is 114 Å². The largest absolute Gasteiger partial charge is 0.703 e. The average molecular weight is 809 g/mol. The average Bonchev–Trinajstić information content (AvgIpc) is 2.80. The van der Waals surface area contributed by atoms with E-state index in [4.69, 9.17) is 0 Å². The molecule has 0 saturated carbocycles. The lowest BCUT2D eigenvalue weighted by Gasteiger charge is -2.39. The van der Waals surface area contributed by atoms with Crippen molar-refractivity contribution in [3.8, 4) is 0 Å². The van der Waals surface area contributed by atoms with Crippen LogP contribution in [0.25, 0.3) is 0 Å². The van der Waals surface area contributed by atoms with Gasteiger partial charge in [-0.1, -0.05) is 9.05 Å². The highest BCUT2D eigenvalue weighted by atomic mass is 31.1. The minimum atomic E-state index is -8.51. The molecule has 0 radical (unpaired) electrons. The Balaban J connectivity index is 5.97. The molecule has 0 N–H and O–H groups in total. The molecule has 288 valence electrons. The van der Waals surface area contributed by atoms with Gasteiger partial charge in [-0.05, 0) is 0 Å². The van der Waals surface area contributed by atoms with Crippen LogP contribution in [0.2, 0.25) is 0 Å². The molecule has 0 saturated heterocycles. The number of hydrogen-bond donors (Lipinski definition) is 0. The minimum absolute atomic E-state index is 2.76. The molecule has 0 heterocycles. The lowest BCUT2D eigenvalue weighted by molar-refractivity contribution is -0.441. The van der Waals surface area contributed by atoms with Crippen molar-refractivity contribution in [3.05, 3.63) is 0 Å². The van der Waals surface area contributed by atoms with Crippen LogP contribution >= 0.6 is 8.25 Å². The molecule has 48 heavy (non-hydrogen) atoms. The van der Waals surface area contributed by atoms with Crippen molar-refractivity contribution in [2.75, 3.05) is 0 Å². The van der Waals surface area contributed by atoms with E-state index in [-0.39, 0.29) is 0 Å². The number of alkyl halides is 28. The van der Waals surface area contributed by atoms with E-state index in [1.807, 2.05) is 0 Å². The summed E-state index contributed by atoms with van der Waals surface area (Å²) in [6, 6.07) is 0. The Morgan fingerprint density at radius 3 is 0.729 bits per heavy atom. The third-order valence-corrected chi connectivity index (χ3v) is 6.03. The van der Waals surface area contributed by atoms with Gasteiger partial charge in [0, 0.05) is 4.57 Å². The van der Waals surface area contributed by atoms with Gasteiger partial charge in [-0.3, -0.25) is 0 Å². The van der Waals surface area contributed by atoms with E-state index in [0.29, 0.717) is 0 Å². The van der Waals surface area contributed by atoms with Crippen molar-refractivity contribution in [1.29, 1.82) is 0 Å². The van der Waals surface area contributed by atoms with Crippen molar-refractivity contribution in [2.45, 2.75) is 97.1 Å². The number of rotatable bonds is 16. The van der Waals surface area contributed by atoms with Crippen LogP contribution in [-0.4, -0.2) is 84.3 Å². The van der Waals surface area contributed by atoms with E-state index in [1.54, 1.807) is 0 Å². The molecular weight excluding hydrogens is 803 g/mol. The molecule has 0 amide bonds. The maximum Gasteiger partial charge on any atom is 0.703 e. The Labute approximate surface area is 243 Å². The van der Waals surface area contributed by atoms with Crippen LogP contribution in [-0.2, 0) is 13.6 Å². The summed E-state index contributed by atoms with van der Waals surface area (Å²) in [4.78, 5) is 0. The Morgan fingerprint density at radius 1 is 0.354 bits per heavy atom. The minimum Gasteiger partial charge on any atom is -0.211 e. The van der Waals surface area contributed by atoms with Crippen LogP contribution in [0.15, 0.2) is 0 Å². The van der Waals surface area contributed by atoms with Crippen LogP contribution in [0, 0.1) is 0 Å². The summed E-state index contributed by atoms with van der Waals surface area (Å²) >= 11 is 0. The molecule has 2 unspecified atom stereocenters. The maximum atomic E-state index is 13.5. The van der Waals surface area contributed by atoms with Crippen LogP contribution in [0.1, 0.15) is 12.8 Å². The fraction of sp³-hybridized carbons (Fsp3) is 1.00. The second-order valence-corrected chi connectivity index (χ2v) is 9.53. The molecule has 0 fully saturated rings. The molecule has 0 aromatic heterocycles. The normalized spacial score (nSPS) is 17.8. The summed E-state index contributed by atoms with van der Waals surface area (Å²) in [5, 5.41) is 0. The van der Waals surface area contributed by atoms with Gasteiger partial charge in [0.05, 0.1) is 12.8 Å². The van der Waals surface area contributed by atoms with Gasteiger partial charge in [0.2, 0.25) is 0 Å². The summed E-state index contributed by atoms with van der Waals surface area (Å²) in [5.74, 6) is -81.6. The molecular formula is C16H6F28O3P+. The van der Waals surface area contributed by atoms with Crippen LogP contribution in [0.3, 0.4) is 0 Å². The molecule has 0 aromatic carbocycles. The fourth-order valence-electron chi connectivity index (χ4n) is 2.55. The quantitative estimate of drug-likeness (QED) is 0.115. The maximum absolute atomic E-state index is 13.5. The van der Waals surface area contributed by atoms with Crippen molar-refractivity contribution >= 4 is 8.25 Å². The van der Waals surface area contributed by atoms with Gasteiger partial charge in [0.15, 0.2) is 0 Å². The molecule has 0 aliphatic carbocycles. The molecule has 0 bridgehead atoms. The van der Waals surface area contributed by atoms with Gasteiger partial charge in [0.1, 0.15) is 0 Å². The first-order valence-corrected chi connectivity index (χ1v) is 11.5. The highest BCUT2D eigenvalue weighted by molar-refractivity contribution is 7.33. The van der Waals surface area contributed by atoms with Gasteiger partial charge in [-0.25, -0.2) is 8.78 Å². The molecule has 3 nitrogen and oxygen atoms in total. The van der Waals surface area contributed by atoms with Gasteiger partial charge < -0.3 is 0 Å². The Morgan fingerprint density at radius 2 is 0.542 bits per heavy atom. The molecule has 0 aliphatic heterocycles. The van der Waals surface area contributed by atoms with E-state index < -0.39 is 105 Å². The van der Waals surface area contributed by atoms with E-state index in [0.717, 1.165) is 0 Å². The molecule has 2 atom stereocenters. The van der Waals surface area contributed by atoms with Gasteiger partial charge >= 0.3 is 79.8 Å².